The highest BCUT2D eigenvalue weighted by molar-refractivity contribution is 5.70. The van der Waals surface area contributed by atoms with E-state index in [9.17, 15) is 4.79 Å². The van der Waals surface area contributed by atoms with Gasteiger partial charge >= 0.3 is 6.09 Å². The molecule has 5 rings (SSSR count). The molecule has 1 amide bonds. The van der Waals surface area contributed by atoms with Crippen LogP contribution in [0.4, 0.5) is 4.79 Å². The van der Waals surface area contributed by atoms with Crippen LogP contribution in [0.2, 0.25) is 0 Å². The van der Waals surface area contributed by atoms with Crippen LogP contribution in [0.3, 0.4) is 0 Å². The van der Waals surface area contributed by atoms with Crippen molar-refractivity contribution in [1.82, 2.24) is 30.2 Å². The highest BCUT2D eigenvalue weighted by Crippen LogP contribution is 2.34. The number of oxazole rings is 1. The second kappa shape index (κ2) is 11.3. The number of nitrogens with zero attached hydrogens (tertiary/aromatic N) is 5. The summed E-state index contributed by atoms with van der Waals surface area (Å²) in [5.41, 5.74) is 5.87. The first kappa shape index (κ1) is 24.6. The second-order valence-electron chi connectivity index (χ2n) is 9.26. The van der Waals surface area contributed by atoms with Gasteiger partial charge in [0.15, 0.2) is 12.1 Å². The molecular weight excluding hydrogens is 468 g/mol. The van der Waals surface area contributed by atoms with Crippen molar-refractivity contribution in [2.24, 2.45) is 0 Å². The zero-order chi connectivity index (χ0) is 25.6. The molecule has 1 N–H and O–H groups in total. The lowest BCUT2D eigenvalue weighted by atomic mass is 9.90. The Morgan fingerprint density at radius 1 is 1.08 bits per heavy atom. The van der Waals surface area contributed by atoms with Crippen molar-refractivity contribution in [3.8, 4) is 5.75 Å². The summed E-state index contributed by atoms with van der Waals surface area (Å²) in [6.45, 7) is 5.31. The Labute approximate surface area is 216 Å². The van der Waals surface area contributed by atoms with Crippen molar-refractivity contribution in [3.63, 3.8) is 0 Å². The van der Waals surface area contributed by atoms with Crippen LogP contribution >= 0.6 is 0 Å². The van der Waals surface area contributed by atoms with Crippen LogP contribution in [0.5, 0.6) is 5.75 Å². The number of amides is 1. The van der Waals surface area contributed by atoms with Gasteiger partial charge in [0, 0.05) is 19.3 Å². The maximum Gasteiger partial charge on any atom is 0.412 e. The van der Waals surface area contributed by atoms with Gasteiger partial charge in [-0.25, -0.2) is 19.7 Å². The number of nitrogens with one attached hydrogen (secondary N) is 1. The molecule has 0 spiro atoms. The minimum atomic E-state index is -0.535. The fraction of sp³-hybridized carbons (Fsp3) is 0.321. The van der Waals surface area contributed by atoms with Gasteiger partial charge in [0.25, 0.3) is 0 Å². The largest absolute Gasteiger partial charge is 0.447 e. The Kier molecular flexibility index (Phi) is 7.51. The number of benzene rings is 1. The Morgan fingerprint density at radius 2 is 1.86 bits per heavy atom. The van der Waals surface area contributed by atoms with E-state index in [0.717, 1.165) is 42.8 Å². The van der Waals surface area contributed by atoms with E-state index < -0.39 is 6.09 Å². The summed E-state index contributed by atoms with van der Waals surface area (Å²) in [6, 6.07) is 12.6. The molecule has 9 heteroatoms. The number of fused-ring (bicyclic) bond motifs is 1. The number of ether oxygens (including phenoxy) is 1. The van der Waals surface area contributed by atoms with E-state index in [1.165, 1.54) is 23.8 Å². The predicted octanol–water partition coefficient (Wildman–Crippen LogP) is 4.84. The average molecular weight is 499 g/mol. The van der Waals surface area contributed by atoms with Crippen LogP contribution in [0.1, 0.15) is 58.4 Å². The van der Waals surface area contributed by atoms with Crippen LogP contribution in [-0.2, 0) is 26.1 Å². The van der Waals surface area contributed by atoms with E-state index in [0.29, 0.717) is 30.2 Å². The van der Waals surface area contributed by atoms with Crippen molar-refractivity contribution >= 4 is 6.09 Å². The maximum atomic E-state index is 12.3. The van der Waals surface area contributed by atoms with Gasteiger partial charge in [-0.05, 0) is 55.9 Å². The van der Waals surface area contributed by atoms with Crippen LogP contribution in [-0.4, -0.2) is 30.9 Å². The van der Waals surface area contributed by atoms with Crippen LogP contribution < -0.4 is 10.1 Å². The van der Waals surface area contributed by atoms with Crippen molar-refractivity contribution in [1.29, 1.82) is 0 Å². The van der Waals surface area contributed by atoms with Gasteiger partial charge in [0.05, 0.1) is 35.9 Å². The van der Waals surface area contributed by atoms with Crippen LogP contribution in [0.25, 0.3) is 0 Å². The van der Waals surface area contributed by atoms with E-state index in [-0.39, 0.29) is 6.04 Å². The highest BCUT2D eigenvalue weighted by Gasteiger charge is 2.28. The standard InChI is InChI=1S/C28H30N6O3/c1-19-27(20(2)33-17-32-19)37-28(35)31-13-21-8-10-22(11-9-21)15-34(16-24-14-29-18-36-24)25-7-3-5-23-6-4-12-30-26(23)25/h4,6,8-12,14,17-18,25H,3,5,7,13,15-16H2,1-2H3,(H,31,35). The zero-order valence-electron chi connectivity index (χ0n) is 21.1. The molecule has 190 valence electrons. The second-order valence-corrected chi connectivity index (χ2v) is 9.26. The first-order valence-corrected chi connectivity index (χ1v) is 12.4. The molecule has 4 aromatic rings. The molecule has 9 nitrogen and oxygen atoms in total. The fourth-order valence-corrected chi connectivity index (χ4v) is 4.77. The average Bonchev–Trinajstić information content (AvgIpc) is 3.43. The number of aromatic nitrogens is 4. The number of pyridine rings is 1. The maximum absolute atomic E-state index is 12.3. The Balaban J connectivity index is 1.24. The molecule has 0 saturated carbocycles. The fourth-order valence-electron chi connectivity index (χ4n) is 4.77. The first-order chi connectivity index (χ1) is 18.1. The van der Waals surface area contributed by atoms with E-state index in [2.05, 4.69) is 43.4 Å². The molecule has 0 aliphatic heterocycles. The van der Waals surface area contributed by atoms with E-state index >= 15 is 0 Å². The van der Waals surface area contributed by atoms with Crippen LogP contribution in [0.15, 0.2) is 65.9 Å². The number of carbonyl (C=O) groups is 1. The lowest BCUT2D eigenvalue weighted by molar-refractivity contribution is 0.145. The number of rotatable bonds is 8. The zero-order valence-corrected chi connectivity index (χ0v) is 21.1. The summed E-state index contributed by atoms with van der Waals surface area (Å²) in [6.07, 6.45) is 9.28. The normalized spacial score (nSPS) is 14.8. The van der Waals surface area contributed by atoms with E-state index in [1.54, 1.807) is 20.0 Å². The summed E-state index contributed by atoms with van der Waals surface area (Å²) in [4.78, 5) is 31.7. The molecule has 1 aliphatic rings. The smallest absolute Gasteiger partial charge is 0.412 e. The monoisotopic (exact) mass is 498 g/mol. The molecule has 1 aromatic carbocycles. The first-order valence-electron chi connectivity index (χ1n) is 12.4. The minimum Gasteiger partial charge on any atom is -0.447 e. The molecule has 0 fully saturated rings. The number of carbonyl (C=O) groups excluding carboxylic acids is 1. The summed E-state index contributed by atoms with van der Waals surface area (Å²) >= 11 is 0. The summed E-state index contributed by atoms with van der Waals surface area (Å²) in [5, 5.41) is 2.80. The Morgan fingerprint density at radius 3 is 2.62 bits per heavy atom. The summed E-state index contributed by atoms with van der Waals surface area (Å²) < 4.78 is 11.0. The molecule has 0 bridgehead atoms. The van der Waals surface area contributed by atoms with Crippen LogP contribution in [0, 0.1) is 13.8 Å². The Bertz CT molecular complexity index is 1320. The van der Waals surface area contributed by atoms with Gasteiger partial charge < -0.3 is 14.5 Å². The van der Waals surface area contributed by atoms with Crippen molar-refractivity contribution in [3.05, 3.63) is 101 Å². The molecule has 3 aromatic heterocycles. The third-order valence-electron chi connectivity index (χ3n) is 6.65. The van der Waals surface area contributed by atoms with Crippen molar-refractivity contribution < 1.29 is 13.9 Å². The SMILES string of the molecule is Cc1ncnc(C)c1OC(=O)NCc1ccc(CN(Cc2cnco2)C2CCCc3cccnc32)cc1. The molecular formula is C28H30N6O3. The van der Waals surface area contributed by atoms with Gasteiger partial charge in [-0.2, -0.15) is 0 Å². The molecule has 1 unspecified atom stereocenters. The van der Waals surface area contributed by atoms with Gasteiger partial charge in [-0.1, -0.05) is 30.3 Å². The molecule has 0 saturated heterocycles. The van der Waals surface area contributed by atoms with Gasteiger partial charge in [-0.15, -0.1) is 0 Å². The number of hydrogen-bond donors (Lipinski definition) is 1. The Hall–Kier alpha value is -4.11. The third kappa shape index (κ3) is 6.00. The lowest BCUT2D eigenvalue weighted by Crippen LogP contribution is -2.31. The third-order valence-corrected chi connectivity index (χ3v) is 6.65. The molecule has 1 atom stereocenters. The molecule has 3 heterocycles. The predicted molar refractivity (Wildman–Crippen MR) is 136 cm³/mol. The lowest BCUT2D eigenvalue weighted by Gasteiger charge is -2.34. The highest BCUT2D eigenvalue weighted by atomic mass is 16.6. The van der Waals surface area contributed by atoms with Gasteiger partial charge in [0.1, 0.15) is 12.1 Å². The molecule has 1 aliphatic carbocycles. The quantitative estimate of drug-likeness (QED) is 0.368. The van der Waals surface area contributed by atoms with E-state index in [4.69, 9.17) is 14.1 Å². The van der Waals surface area contributed by atoms with E-state index in [1.807, 2.05) is 24.4 Å². The summed E-state index contributed by atoms with van der Waals surface area (Å²) in [7, 11) is 0. The minimum absolute atomic E-state index is 0.208. The summed E-state index contributed by atoms with van der Waals surface area (Å²) in [5.74, 6) is 1.22. The molecule has 0 radical (unpaired) electrons. The molecule has 37 heavy (non-hydrogen) atoms. The number of hydrogen-bond acceptors (Lipinski definition) is 8. The topological polar surface area (TPSA) is 106 Å². The van der Waals surface area contributed by atoms with Crippen molar-refractivity contribution in [2.75, 3.05) is 0 Å². The number of aryl methyl sites for hydroxylation is 3. The van der Waals surface area contributed by atoms with Gasteiger partial charge in [-0.3, -0.25) is 9.88 Å². The van der Waals surface area contributed by atoms with Gasteiger partial charge in [0.2, 0.25) is 0 Å². The van der Waals surface area contributed by atoms with Crippen molar-refractivity contribution in [2.45, 2.75) is 58.8 Å².